The number of piperidine rings is 1. The topological polar surface area (TPSA) is 108 Å². The highest BCUT2D eigenvalue weighted by molar-refractivity contribution is 8.03. The summed E-state index contributed by atoms with van der Waals surface area (Å²) in [6.45, 7) is 18.0. The van der Waals surface area contributed by atoms with Gasteiger partial charge in [0, 0.05) is 18.0 Å². The molecule has 1 amide bonds. The Morgan fingerprint density at radius 3 is 2.62 bits per heavy atom. The van der Waals surface area contributed by atoms with Crippen LogP contribution in [0.1, 0.15) is 71.4 Å². The van der Waals surface area contributed by atoms with Gasteiger partial charge < -0.3 is 19.8 Å². The van der Waals surface area contributed by atoms with Gasteiger partial charge in [0.2, 0.25) is 8.32 Å². The zero-order valence-corrected chi connectivity index (χ0v) is 25.1. The highest BCUT2D eigenvalue weighted by atomic mass is 32.2. The van der Waals surface area contributed by atoms with E-state index in [9.17, 15) is 4.79 Å². The van der Waals surface area contributed by atoms with E-state index in [1.54, 1.807) is 16.7 Å². The van der Waals surface area contributed by atoms with Gasteiger partial charge in [0.25, 0.3) is 0 Å². The van der Waals surface area contributed by atoms with Crippen molar-refractivity contribution < 1.29 is 14.0 Å². The molecule has 0 spiro atoms. The molecule has 2 N–H and O–H groups in total. The molecule has 37 heavy (non-hydrogen) atoms. The Morgan fingerprint density at radius 1 is 1.22 bits per heavy atom. The maximum atomic E-state index is 12.8. The molecule has 2 atom stereocenters. The van der Waals surface area contributed by atoms with E-state index in [4.69, 9.17) is 20.0 Å². The number of nitrogen functional groups attached to an aromatic ring is 1. The van der Waals surface area contributed by atoms with Crippen molar-refractivity contribution >= 4 is 43.0 Å². The van der Waals surface area contributed by atoms with Gasteiger partial charge in [-0.05, 0) is 57.8 Å². The van der Waals surface area contributed by atoms with E-state index in [1.165, 1.54) is 6.33 Å². The number of thioether (sulfide) groups is 1. The molecule has 9 nitrogen and oxygen atoms in total. The number of hydrogen-bond donors (Lipinski definition) is 1. The fourth-order valence-corrected chi connectivity index (χ4v) is 5.97. The van der Waals surface area contributed by atoms with Crippen molar-refractivity contribution in [3.63, 3.8) is 0 Å². The molecule has 2 aromatic heterocycles. The van der Waals surface area contributed by atoms with Gasteiger partial charge in [-0.15, -0.1) is 11.8 Å². The lowest BCUT2D eigenvalue weighted by atomic mass is 10.1. The maximum Gasteiger partial charge on any atom is 0.410 e. The van der Waals surface area contributed by atoms with E-state index in [1.807, 2.05) is 31.7 Å². The summed E-state index contributed by atoms with van der Waals surface area (Å²) in [5, 5.41) is 5.90. The lowest BCUT2D eigenvalue weighted by Gasteiger charge is -2.35. The molecular formula is C26H40N6O3SSi. The van der Waals surface area contributed by atoms with Crippen LogP contribution in [0.5, 0.6) is 0 Å². The molecule has 0 aromatic carbocycles. The Morgan fingerprint density at radius 2 is 1.95 bits per heavy atom. The van der Waals surface area contributed by atoms with Gasteiger partial charge in [-0.1, -0.05) is 26.8 Å². The number of carbonyl (C=O) groups is 1. The summed E-state index contributed by atoms with van der Waals surface area (Å²) in [7, 11) is -1.90. The minimum Gasteiger partial charge on any atom is -0.548 e. The Bertz CT molecular complexity index is 1230. The Balaban J connectivity index is 1.59. The lowest BCUT2D eigenvalue weighted by molar-refractivity contribution is 0.0169. The van der Waals surface area contributed by atoms with E-state index < -0.39 is 13.9 Å². The summed E-state index contributed by atoms with van der Waals surface area (Å²) in [5.74, 6) is 0.412. The van der Waals surface area contributed by atoms with Crippen LogP contribution in [0.15, 0.2) is 29.6 Å². The third-order valence-corrected chi connectivity index (χ3v) is 12.6. The molecule has 1 fully saturated rings. The lowest BCUT2D eigenvalue weighted by Crippen LogP contribution is -2.43. The minimum absolute atomic E-state index is 0.0286. The van der Waals surface area contributed by atoms with Gasteiger partial charge in [-0.25, -0.2) is 19.4 Å². The number of nitrogens with zero attached hydrogens (tertiary/aromatic N) is 5. The first-order chi connectivity index (χ1) is 17.2. The predicted octanol–water partition coefficient (Wildman–Crippen LogP) is 6.19. The highest BCUT2D eigenvalue weighted by Gasteiger charge is 2.38. The summed E-state index contributed by atoms with van der Waals surface area (Å²) in [6.07, 6.45) is 9.03. The number of carbonyl (C=O) groups excluding carboxylic acids is 1. The van der Waals surface area contributed by atoms with Crippen LogP contribution in [0, 0.1) is 0 Å². The van der Waals surface area contributed by atoms with Gasteiger partial charge in [0.05, 0.1) is 28.6 Å². The Labute approximate surface area is 225 Å². The highest BCUT2D eigenvalue weighted by Crippen LogP contribution is 2.46. The zero-order chi connectivity index (χ0) is 27.2. The second kappa shape index (κ2) is 9.98. The SMILES string of the molecule is CC(C)(C)OC(=O)N1CCCC(n2nc(C3C=CC(=CO[Si](C)(C)C(C)(C)C)S3)c3c(N)ncnc32)C1. The average molecular weight is 545 g/mol. The first-order valence-electron chi connectivity index (χ1n) is 12.9. The van der Waals surface area contributed by atoms with E-state index in [2.05, 4.69) is 56.0 Å². The molecule has 2 aliphatic heterocycles. The number of nitrogens with two attached hydrogens (primary N) is 1. The van der Waals surface area contributed by atoms with Crippen molar-refractivity contribution in [3.05, 3.63) is 35.3 Å². The molecule has 11 heteroatoms. The minimum atomic E-state index is -1.90. The number of aromatic nitrogens is 4. The van der Waals surface area contributed by atoms with Gasteiger partial charge in [-0.3, -0.25) is 0 Å². The van der Waals surface area contributed by atoms with Crippen LogP contribution in [0.3, 0.4) is 0 Å². The smallest absolute Gasteiger partial charge is 0.410 e. The monoisotopic (exact) mass is 544 g/mol. The van der Waals surface area contributed by atoms with E-state index in [0.717, 1.165) is 28.8 Å². The van der Waals surface area contributed by atoms with E-state index in [-0.39, 0.29) is 22.4 Å². The molecule has 4 heterocycles. The zero-order valence-electron chi connectivity index (χ0n) is 23.2. The second-order valence-electron chi connectivity index (χ2n) is 12.3. The number of rotatable bonds is 4. The standard InChI is InChI=1S/C26H40N6O3SSi/c1-25(2,3)35-24(33)31-13-9-10-17(14-31)32-23-20(22(27)28-16-29-23)21(30-32)19-12-11-18(36-19)15-34-37(7,8)26(4,5)6/h11-12,15-17,19H,9-10,13-14H2,1-8H3,(H2,27,28,29). The molecular weight excluding hydrogens is 504 g/mol. The van der Waals surface area contributed by atoms with Crippen molar-refractivity contribution in [2.75, 3.05) is 18.8 Å². The summed E-state index contributed by atoms with van der Waals surface area (Å²) in [4.78, 5) is 24.4. The van der Waals surface area contributed by atoms with Crippen molar-refractivity contribution in [1.29, 1.82) is 0 Å². The maximum absolute atomic E-state index is 12.8. The third kappa shape index (κ3) is 5.98. The number of hydrogen-bond acceptors (Lipinski definition) is 8. The molecule has 2 aliphatic rings. The van der Waals surface area contributed by atoms with Crippen LogP contribution in [-0.2, 0) is 9.16 Å². The van der Waals surface area contributed by atoms with Crippen LogP contribution < -0.4 is 5.73 Å². The normalized spacial score (nSPS) is 22.2. The molecule has 202 valence electrons. The van der Waals surface area contributed by atoms with Crippen LogP contribution in [0.25, 0.3) is 11.0 Å². The van der Waals surface area contributed by atoms with Gasteiger partial charge in [-0.2, -0.15) is 5.10 Å². The number of likely N-dealkylation sites (tertiary alicyclic amines) is 1. The largest absolute Gasteiger partial charge is 0.548 e. The van der Waals surface area contributed by atoms with Gasteiger partial charge >= 0.3 is 6.09 Å². The molecule has 0 bridgehead atoms. The van der Waals surface area contributed by atoms with Crippen molar-refractivity contribution in [1.82, 2.24) is 24.6 Å². The summed E-state index contributed by atoms with van der Waals surface area (Å²) in [6, 6.07) is -0.0286. The molecule has 1 saturated heterocycles. The van der Waals surface area contributed by atoms with Crippen LogP contribution >= 0.6 is 11.8 Å². The number of amides is 1. The molecule has 2 unspecified atom stereocenters. The fourth-order valence-electron chi connectivity index (χ4n) is 4.13. The van der Waals surface area contributed by atoms with Crippen LogP contribution in [0.2, 0.25) is 18.1 Å². The first-order valence-corrected chi connectivity index (χ1v) is 16.6. The Hall–Kier alpha value is -2.53. The van der Waals surface area contributed by atoms with E-state index in [0.29, 0.717) is 24.6 Å². The van der Waals surface area contributed by atoms with Gasteiger partial charge in [0.1, 0.15) is 17.7 Å². The number of ether oxygens (including phenoxy) is 1. The number of fused-ring (bicyclic) bond motifs is 1. The van der Waals surface area contributed by atoms with Crippen molar-refractivity contribution in [2.24, 2.45) is 0 Å². The third-order valence-electron chi connectivity index (χ3n) is 7.18. The van der Waals surface area contributed by atoms with Crippen molar-refractivity contribution in [3.8, 4) is 0 Å². The first kappa shape index (κ1) is 27.5. The average Bonchev–Trinajstić information content (AvgIpc) is 3.41. The van der Waals surface area contributed by atoms with E-state index >= 15 is 0 Å². The predicted molar refractivity (Wildman–Crippen MR) is 152 cm³/mol. The second-order valence-corrected chi connectivity index (χ2v) is 18.3. The van der Waals surface area contributed by atoms with Crippen molar-refractivity contribution in [2.45, 2.75) is 89.4 Å². The quantitative estimate of drug-likeness (QED) is 0.359. The van der Waals surface area contributed by atoms with Crippen LogP contribution in [-0.4, -0.2) is 57.7 Å². The summed E-state index contributed by atoms with van der Waals surface area (Å²) in [5.41, 5.74) is 7.35. The van der Waals surface area contributed by atoms with Gasteiger partial charge in [0.15, 0.2) is 5.65 Å². The molecule has 0 radical (unpaired) electrons. The number of allylic oxidation sites excluding steroid dienone is 1. The molecule has 4 rings (SSSR count). The summed E-state index contributed by atoms with van der Waals surface area (Å²) < 4.78 is 13.9. The fraction of sp³-hybridized carbons (Fsp3) is 0.615. The molecule has 0 aliphatic carbocycles. The molecule has 2 aromatic rings. The van der Waals surface area contributed by atoms with Crippen LogP contribution in [0.4, 0.5) is 10.6 Å². The Kier molecular flexibility index (Phi) is 7.41. The molecule has 0 saturated carbocycles. The number of anilines is 1. The summed E-state index contributed by atoms with van der Waals surface area (Å²) >= 11 is 1.69.